The van der Waals surface area contributed by atoms with Gasteiger partial charge in [0.2, 0.25) is 5.95 Å². The minimum absolute atomic E-state index is 0.172. The maximum atomic E-state index is 12.4. The lowest BCUT2D eigenvalue weighted by molar-refractivity contribution is -0.274. The van der Waals surface area contributed by atoms with Crippen molar-refractivity contribution in [2.24, 2.45) is 0 Å². The highest BCUT2D eigenvalue weighted by Gasteiger charge is 2.31. The molecule has 2 aromatic rings. The second-order valence-corrected chi connectivity index (χ2v) is 4.95. The highest BCUT2D eigenvalue weighted by Crippen LogP contribution is 2.29. The van der Waals surface area contributed by atoms with Crippen molar-refractivity contribution in [2.75, 3.05) is 5.32 Å². The Balaban J connectivity index is 2.17. The van der Waals surface area contributed by atoms with Crippen LogP contribution in [-0.4, -0.2) is 22.4 Å². The molecule has 1 aromatic carbocycles. The van der Waals surface area contributed by atoms with Crippen molar-refractivity contribution in [3.8, 4) is 11.5 Å². The summed E-state index contributed by atoms with van der Waals surface area (Å²) in [5, 5.41) is 2.92. The van der Waals surface area contributed by atoms with Gasteiger partial charge in [0.1, 0.15) is 11.5 Å². The van der Waals surface area contributed by atoms with Crippen molar-refractivity contribution >= 4 is 5.95 Å². The van der Waals surface area contributed by atoms with Gasteiger partial charge < -0.3 is 14.8 Å². The maximum Gasteiger partial charge on any atom is 0.573 e. The Hall–Kier alpha value is -2.51. The Morgan fingerprint density at radius 2 is 1.74 bits per heavy atom. The van der Waals surface area contributed by atoms with Gasteiger partial charge in [-0.2, -0.15) is 0 Å². The van der Waals surface area contributed by atoms with E-state index in [1.165, 1.54) is 12.1 Å². The van der Waals surface area contributed by atoms with Crippen LogP contribution in [0.25, 0.3) is 0 Å². The van der Waals surface area contributed by atoms with Crippen molar-refractivity contribution < 1.29 is 22.6 Å². The molecule has 0 aliphatic carbocycles. The summed E-state index contributed by atoms with van der Waals surface area (Å²) < 4.78 is 46.7. The molecule has 124 valence electrons. The first kappa shape index (κ1) is 16.9. The molecule has 0 radical (unpaired) electrons. The van der Waals surface area contributed by atoms with Crippen molar-refractivity contribution in [2.45, 2.75) is 32.9 Å². The average Bonchev–Trinajstić information content (AvgIpc) is 2.43. The van der Waals surface area contributed by atoms with Gasteiger partial charge >= 0.3 is 6.36 Å². The number of halogens is 3. The number of alkyl halides is 3. The molecule has 1 aromatic heterocycles. The first-order valence-electron chi connectivity index (χ1n) is 6.89. The van der Waals surface area contributed by atoms with Crippen LogP contribution >= 0.6 is 0 Å². The summed E-state index contributed by atoms with van der Waals surface area (Å²) in [6.45, 7) is 3.80. The summed E-state index contributed by atoms with van der Waals surface area (Å²) in [7, 11) is 0. The summed E-state index contributed by atoms with van der Waals surface area (Å²) >= 11 is 0. The van der Waals surface area contributed by atoms with Crippen molar-refractivity contribution in [1.82, 2.24) is 9.97 Å². The second-order valence-electron chi connectivity index (χ2n) is 4.95. The molecule has 1 N–H and O–H groups in total. The van der Waals surface area contributed by atoms with Crippen LogP contribution in [-0.2, 0) is 6.54 Å². The zero-order valence-corrected chi connectivity index (χ0v) is 12.6. The molecule has 2 rings (SSSR count). The van der Waals surface area contributed by atoms with E-state index < -0.39 is 6.36 Å². The minimum Gasteiger partial charge on any atom is -0.491 e. The molecule has 5 nitrogen and oxygen atoms in total. The SMILES string of the molecule is CC(C)Oc1cc(CNc2ncccn2)cc(OC(F)(F)F)c1. The van der Waals surface area contributed by atoms with Crippen LogP contribution in [0.1, 0.15) is 19.4 Å². The van der Waals surface area contributed by atoms with Gasteiger partial charge in [0.15, 0.2) is 0 Å². The van der Waals surface area contributed by atoms with Crippen LogP contribution in [0.3, 0.4) is 0 Å². The highest BCUT2D eigenvalue weighted by atomic mass is 19.4. The molecule has 0 atom stereocenters. The van der Waals surface area contributed by atoms with Crippen LogP contribution < -0.4 is 14.8 Å². The predicted octanol–water partition coefficient (Wildman–Crippen LogP) is 3.77. The topological polar surface area (TPSA) is 56.3 Å². The highest BCUT2D eigenvalue weighted by molar-refractivity contribution is 5.40. The van der Waals surface area contributed by atoms with Crippen molar-refractivity contribution in [3.63, 3.8) is 0 Å². The first-order valence-corrected chi connectivity index (χ1v) is 6.89. The average molecular weight is 327 g/mol. The summed E-state index contributed by atoms with van der Waals surface area (Å²) in [5.41, 5.74) is 0.551. The zero-order valence-electron chi connectivity index (χ0n) is 12.6. The van der Waals surface area contributed by atoms with E-state index in [-0.39, 0.29) is 18.4 Å². The summed E-state index contributed by atoms with van der Waals surface area (Å²) in [6.07, 6.45) is -1.81. The maximum absolute atomic E-state index is 12.4. The zero-order chi connectivity index (χ0) is 16.9. The summed E-state index contributed by atoms with van der Waals surface area (Å²) in [4.78, 5) is 7.96. The number of benzene rings is 1. The third kappa shape index (κ3) is 6.01. The Kier molecular flexibility index (Phi) is 5.25. The fraction of sp³-hybridized carbons (Fsp3) is 0.333. The van der Waals surface area contributed by atoms with Gasteiger partial charge in [0.05, 0.1) is 6.10 Å². The van der Waals surface area contributed by atoms with Gasteiger partial charge in [0.25, 0.3) is 0 Å². The van der Waals surface area contributed by atoms with E-state index in [9.17, 15) is 13.2 Å². The molecule has 0 amide bonds. The Morgan fingerprint density at radius 3 is 2.35 bits per heavy atom. The number of rotatable bonds is 6. The Morgan fingerprint density at radius 1 is 1.09 bits per heavy atom. The number of nitrogens with one attached hydrogen (secondary N) is 1. The molecule has 0 unspecified atom stereocenters. The lowest BCUT2D eigenvalue weighted by atomic mass is 10.2. The number of nitrogens with zero attached hydrogens (tertiary/aromatic N) is 2. The molecular formula is C15H16F3N3O2. The van der Waals surface area contributed by atoms with Crippen LogP contribution in [0.5, 0.6) is 11.5 Å². The van der Waals surface area contributed by atoms with E-state index in [2.05, 4.69) is 20.0 Å². The van der Waals surface area contributed by atoms with E-state index in [0.717, 1.165) is 0 Å². The van der Waals surface area contributed by atoms with Gasteiger partial charge in [-0.3, -0.25) is 0 Å². The molecule has 1 heterocycles. The molecule has 8 heteroatoms. The van der Waals surface area contributed by atoms with Crippen LogP contribution in [0.2, 0.25) is 0 Å². The van der Waals surface area contributed by atoms with Gasteiger partial charge in [-0.1, -0.05) is 0 Å². The standard InChI is InChI=1S/C15H16F3N3O2/c1-10(2)22-12-6-11(7-13(8-12)23-15(16,17)18)9-21-14-19-4-3-5-20-14/h3-8,10H,9H2,1-2H3,(H,19,20,21). The first-order chi connectivity index (χ1) is 10.8. The molecule has 0 spiro atoms. The number of hydrogen-bond acceptors (Lipinski definition) is 5. The molecule has 0 saturated carbocycles. The lowest BCUT2D eigenvalue weighted by Crippen LogP contribution is -2.17. The predicted molar refractivity (Wildman–Crippen MR) is 78.2 cm³/mol. The second kappa shape index (κ2) is 7.17. The lowest BCUT2D eigenvalue weighted by Gasteiger charge is -2.15. The fourth-order valence-electron chi connectivity index (χ4n) is 1.84. The molecule has 0 aliphatic rings. The molecular weight excluding hydrogens is 311 g/mol. The van der Waals surface area contributed by atoms with Gasteiger partial charge in [-0.05, 0) is 37.6 Å². The van der Waals surface area contributed by atoms with E-state index in [0.29, 0.717) is 17.3 Å². The third-order valence-electron chi connectivity index (χ3n) is 2.56. The summed E-state index contributed by atoms with van der Waals surface area (Å²) in [6, 6.07) is 5.79. The van der Waals surface area contributed by atoms with Crippen molar-refractivity contribution in [1.29, 1.82) is 0 Å². The van der Waals surface area contributed by atoms with E-state index in [1.54, 1.807) is 38.4 Å². The molecule has 0 fully saturated rings. The monoisotopic (exact) mass is 327 g/mol. The number of aromatic nitrogens is 2. The smallest absolute Gasteiger partial charge is 0.491 e. The number of ether oxygens (including phenoxy) is 2. The van der Waals surface area contributed by atoms with Crippen molar-refractivity contribution in [3.05, 3.63) is 42.2 Å². The third-order valence-corrected chi connectivity index (χ3v) is 2.56. The normalized spacial score (nSPS) is 11.4. The molecule has 0 saturated heterocycles. The number of hydrogen-bond donors (Lipinski definition) is 1. The quantitative estimate of drug-likeness (QED) is 0.875. The number of anilines is 1. The summed E-state index contributed by atoms with van der Waals surface area (Å²) in [5.74, 6) is 0.343. The largest absolute Gasteiger partial charge is 0.573 e. The van der Waals surface area contributed by atoms with E-state index in [1.807, 2.05) is 0 Å². The Bertz CT molecular complexity index is 634. The molecule has 0 bridgehead atoms. The van der Waals surface area contributed by atoms with Crippen LogP contribution in [0, 0.1) is 0 Å². The van der Waals surface area contributed by atoms with Gasteiger partial charge in [-0.25, -0.2) is 9.97 Å². The minimum atomic E-state index is -4.76. The van der Waals surface area contributed by atoms with Crippen LogP contribution in [0.4, 0.5) is 19.1 Å². The fourth-order valence-corrected chi connectivity index (χ4v) is 1.84. The van der Waals surface area contributed by atoms with Gasteiger partial charge in [-0.15, -0.1) is 13.2 Å². The van der Waals surface area contributed by atoms with Crippen LogP contribution in [0.15, 0.2) is 36.7 Å². The Labute approximate surface area is 131 Å². The van der Waals surface area contributed by atoms with E-state index in [4.69, 9.17) is 4.74 Å². The molecule has 23 heavy (non-hydrogen) atoms. The van der Waals surface area contributed by atoms with Gasteiger partial charge in [0, 0.05) is 25.0 Å². The van der Waals surface area contributed by atoms with E-state index >= 15 is 0 Å². The molecule has 0 aliphatic heterocycles.